The first-order chi connectivity index (χ1) is 8.99. The third kappa shape index (κ3) is 3.16. The zero-order valence-corrected chi connectivity index (χ0v) is 13.5. The topological polar surface area (TPSA) is 29.3 Å². The molecule has 2 heteroatoms. The van der Waals surface area contributed by atoms with Gasteiger partial charge in [0, 0.05) is 18.1 Å². The van der Waals surface area contributed by atoms with Crippen molar-refractivity contribution in [3.05, 3.63) is 0 Å². The van der Waals surface area contributed by atoms with Gasteiger partial charge in [0.05, 0.1) is 0 Å². The summed E-state index contributed by atoms with van der Waals surface area (Å²) in [7, 11) is 0. The van der Waals surface area contributed by atoms with E-state index in [2.05, 4.69) is 32.6 Å². The van der Waals surface area contributed by atoms with Gasteiger partial charge in [-0.3, -0.25) is 4.90 Å². The van der Waals surface area contributed by atoms with Gasteiger partial charge in [0.1, 0.15) is 0 Å². The minimum atomic E-state index is 0.413. The lowest BCUT2D eigenvalue weighted by molar-refractivity contribution is 0.0525. The molecule has 1 heterocycles. The third-order valence-corrected chi connectivity index (χ3v) is 6.21. The maximum absolute atomic E-state index is 6.48. The number of rotatable bonds is 4. The lowest BCUT2D eigenvalue weighted by Crippen LogP contribution is -2.54. The molecule has 2 N–H and O–H groups in total. The van der Waals surface area contributed by atoms with Gasteiger partial charge in [-0.25, -0.2) is 0 Å². The Morgan fingerprint density at radius 1 is 1.16 bits per heavy atom. The summed E-state index contributed by atoms with van der Waals surface area (Å²) in [4.78, 5) is 2.77. The van der Waals surface area contributed by atoms with Crippen molar-refractivity contribution in [3.8, 4) is 0 Å². The molecule has 1 saturated carbocycles. The van der Waals surface area contributed by atoms with E-state index >= 15 is 0 Å². The van der Waals surface area contributed by atoms with Gasteiger partial charge in [-0.1, -0.05) is 34.1 Å². The van der Waals surface area contributed by atoms with Gasteiger partial charge in [-0.05, 0) is 56.4 Å². The van der Waals surface area contributed by atoms with Gasteiger partial charge >= 0.3 is 0 Å². The number of hydrogen-bond acceptors (Lipinski definition) is 2. The van der Waals surface area contributed by atoms with Crippen LogP contribution in [0.1, 0.15) is 72.6 Å². The summed E-state index contributed by atoms with van der Waals surface area (Å²) in [6.45, 7) is 10.9. The molecule has 0 spiro atoms. The smallest absolute Gasteiger partial charge is 0.0252 e. The quantitative estimate of drug-likeness (QED) is 0.839. The van der Waals surface area contributed by atoms with E-state index < -0.39 is 0 Å². The molecule has 2 nitrogen and oxygen atoms in total. The fourth-order valence-electron chi connectivity index (χ4n) is 4.28. The minimum absolute atomic E-state index is 0.413. The van der Waals surface area contributed by atoms with Crippen LogP contribution >= 0.6 is 0 Å². The molecule has 0 amide bonds. The van der Waals surface area contributed by atoms with Crippen LogP contribution < -0.4 is 5.73 Å². The molecular weight excluding hydrogens is 232 g/mol. The highest BCUT2D eigenvalue weighted by Crippen LogP contribution is 2.42. The average molecular weight is 266 g/mol. The van der Waals surface area contributed by atoms with Crippen molar-refractivity contribution in [1.29, 1.82) is 0 Å². The van der Waals surface area contributed by atoms with E-state index in [-0.39, 0.29) is 0 Å². The molecule has 19 heavy (non-hydrogen) atoms. The minimum Gasteiger partial charge on any atom is -0.326 e. The first kappa shape index (κ1) is 15.3. The first-order valence-corrected chi connectivity index (χ1v) is 8.51. The Morgan fingerprint density at radius 3 is 2.53 bits per heavy atom. The van der Waals surface area contributed by atoms with Gasteiger partial charge < -0.3 is 5.73 Å². The van der Waals surface area contributed by atoms with E-state index in [1.54, 1.807) is 0 Å². The molecule has 112 valence electrons. The summed E-state index contributed by atoms with van der Waals surface area (Å²) in [5.74, 6) is 0.861. The maximum Gasteiger partial charge on any atom is 0.0252 e. The molecule has 1 saturated heterocycles. The SMILES string of the molecule is CCC1CCCN1C1CC(C(C)(C)CC)CCC1N. The summed E-state index contributed by atoms with van der Waals surface area (Å²) < 4.78 is 0. The van der Waals surface area contributed by atoms with Crippen LogP contribution in [-0.4, -0.2) is 29.6 Å². The molecule has 2 fully saturated rings. The van der Waals surface area contributed by atoms with E-state index in [4.69, 9.17) is 5.73 Å². The Morgan fingerprint density at radius 2 is 1.89 bits per heavy atom. The van der Waals surface area contributed by atoms with Crippen LogP contribution in [0.4, 0.5) is 0 Å². The molecular formula is C17H34N2. The summed E-state index contributed by atoms with van der Waals surface area (Å²) >= 11 is 0. The monoisotopic (exact) mass is 266 g/mol. The van der Waals surface area contributed by atoms with E-state index in [1.807, 2.05) is 0 Å². The van der Waals surface area contributed by atoms with Gasteiger partial charge in [0.2, 0.25) is 0 Å². The highest BCUT2D eigenvalue weighted by Gasteiger charge is 2.40. The molecule has 2 rings (SSSR count). The van der Waals surface area contributed by atoms with E-state index in [0.29, 0.717) is 17.5 Å². The van der Waals surface area contributed by atoms with E-state index in [9.17, 15) is 0 Å². The molecule has 1 aliphatic carbocycles. The van der Waals surface area contributed by atoms with Gasteiger partial charge in [-0.2, -0.15) is 0 Å². The molecule has 0 aromatic rings. The second kappa shape index (κ2) is 6.13. The molecule has 0 aromatic carbocycles. The first-order valence-electron chi connectivity index (χ1n) is 8.51. The fraction of sp³-hybridized carbons (Fsp3) is 1.00. The zero-order valence-electron chi connectivity index (χ0n) is 13.5. The largest absolute Gasteiger partial charge is 0.326 e. The Bertz CT molecular complexity index is 287. The normalized spacial score (nSPS) is 37.7. The summed E-state index contributed by atoms with van der Waals surface area (Å²) in [6.07, 6.45) is 9.25. The maximum atomic E-state index is 6.48. The molecule has 0 bridgehead atoms. The van der Waals surface area contributed by atoms with Crippen LogP contribution in [0.5, 0.6) is 0 Å². The van der Waals surface area contributed by atoms with Gasteiger partial charge in [0.25, 0.3) is 0 Å². The highest BCUT2D eigenvalue weighted by atomic mass is 15.2. The molecule has 2 aliphatic rings. The van der Waals surface area contributed by atoms with Crippen LogP contribution in [0.2, 0.25) is 0 Å². The van der Waals surface area contributed by atoms with Crippen LogP contribution in [0, 0.1) is 11.3 Å². The lowest BCUT2D eigenvalue weighted by Gasteiger charge is -2.46. The van der Waals surface area contributed by atoms with E-state index in [0.717, 1.165) is 12.0 Å². The van der Waals surface area contributed by atoms with Crippen LogP contribution in [0.3, 0.4) is 0 Å². The molecule has 0 aromatic heterocycles. The van der Waals surface area contributed by atoms with Crippen molar-refractivity contribution in [3.63, 3.8) is 0 Å². The Labute approximate surface area is 120 Å². The highest BCUT2D eigenvalue weighted by molar-refractivity contribution is 4.96. The Hall–Kier alpha value is -0.0800. The number of likely N-dealkylation sites (tertiary alicyclic amines) is 1. The summed E-state index contributed by atoms with van der Waals surface area (Å²) in [5.41, 5.74) is 6.97. The summed E-state index contributed by atoms with van der Waals surface area (Å²) in [5, 5.41) is 0. The van der Waals surface area contributed by atoms with Crippen LogP contribution in [-0.2, 0) is 0 Å². The van der Waals surface area contributed by atoms with Crippen molar-refractivity contribution < 1.29 is 0 Å². The second-order valence-electron chi connectivity index (χ2n) is 7.53. The fourth-order valence-corrected chi connectivity index (χ4v) is 4.28. The second-order valence-corrected chi connectivity index (χ2v) is 7.53. The van der Waals surface area contributed by atoms with Crippen molar-refractivity contribution in [1.82, 2.24) is 4.90 Å². The van der Waals surface area contributed by atoms with Crippen molar-refractivity contribution in [2.75, 3.05) is 6.54 Å². The zero-order chi connectivity index (χ0) is 14.0. The van der Waals surface area contributed by atoms with Gasteiger partial charge in [0.15, 0.2) is 0 Å². The molecule has 4 unspecified atom stereocenters. The number of hydrogen-bond donors (Lipinski definition) is 1. The van der Waals surface area contributed by atoms with Gasteiger partial charge in [-0.15, -0.1) is 0 Å². The number of nitrogens with zero attached hydrogens (tertiary/aromatic N) is 1. The molecule has 1 aliphatic heterocycles. The van der Waals surface area contributed by atoms with E-state index in [1.165, 1.54) is 51.5 Å². The Balaban J connectivity index is 2.06. The number of nitrogens with two attached hydrogens (primary N) is 1. The predicted molar refractivity (Wildman–Crippen MR) is 83.2 cm³/mol. The third-order valence-electron chi connectivity index (χ3n) is 6.21. The van der Waals surface area contributed by atoms with Crippen LogP contribution in [0.25, 0.3) is 0 Å². The average Bonchev–Trinajstić information content (AvgIpc) is 2.87. The predicted octanol–water partition coefficient (Wildman–Crippen LogP) is 3.79. The molecule has 0 radical (unpaired) electrons. The standard InChI is InChI=1S/C17H34N2/c1-5-14-8-7-11-19(14)16-12-13(9-10-15(16)18)17(3,4)6-2/h13-16H,5-12,18H2,1-4H3. The van der Waals surface area contributed by atoms with Crippen molar-refractivity contribution in [2.24, 2.45) is 17.1 Å². The summed E-state index contributed by atoms with van der Waals surface area (Å²) in [6, 6.07) is 1.87. The molecule has 4 atom stereocenters. The van der Waals surface area contributed by atoms with Crippen molar-refractivity contribution in [2.45, 2.75) is 90.8 Å². The van der Waals surface area contributed by atoms with Crippen LogP contribution in [0.15, 0.2) is 0 Å². The Kier molecular flexibility index (Phi) is 4.94. The van der Waals surface area contributed by atoms with Crippen molar-refractivity contribution >= 4 is 0 Å². The lowest BCUT2D eigenvalue weighted by atomic mass is 9.67.